The van der Waals surface area contributed by atoms with E-state index in [0.29, 0.717) is 5.70 Å². The van der Waals surface area contributed by atoms with E-state index in [4.69, 9.17) is 0 Å². The second-order valence-electron chi connectivity index (χ2n) is 5.54. The maximum absolute atomic E-state index is 9.60. The first-order chi connectivity index (χ1) is 11.7. The predicted molar refractivity (Wildman–Crippen MR) is 105 cm³/mol. The van der Waals surface area contributed by atoms with Gasteiger partial charge in [0.2, 0.25) is 0 Å². The summed E-state index contributed by atoms with van der Waals surface area (Å²) in [5, 5.41) is 9.60. The lowest BCUT2D eigenvalue weighted by atomic mass is 9.97. The molecule has 1 unspecified atom stereocenters. The SMILES string of the molecule is C/C=C/C(/C=C(/C#N)N(C)c1ccccc1)Cc1ccccc1Br. The molecule has 0 saturated carbocycles. The highest BCUT2D eigenvalue weighted by atomic mass is 79.9. The molecule has 0 spiro atoms. The molecule has 3 heteroatoms. The first-order valence-corrected chi connectivity index (χ1v) is 8.72. The van der Waals surface area contributed by atoms with Crippen LogP contribution in [-0.4, -0.2) is 7.05 Å². The van der Waals surface area contributed by atoms with E-state index in [1.54, 1.807) is 0 Å². The highest BCUT2D eigenvalue weighted by Crippen LogP contribution is 2.23. The Bertz CT molecular complexity index is 757. The van der Waals surface area contributed by atoms with Crippen LogP contribution in [0.4, 0.5) is 5.69 Å². The quantitative estimate of drug-likeness (QED) is 0.472. The summed E-state index contributed by atoms with van der Waals surface area (Å²) >= 11 is 3.60. The molecule has 0 radical (unpaired) electrons. The van der Waals surface area contributed by atoms with Gasteiger partial charge in [-0.2, -0.15) is 5.26 Å². The third kappa shape index (κ3) is 4.84. The third-order valence-corrected chi connectivity index (χ3v) is 4.62. The van der Waals surface area contributed by atoms with Crippen molar-refractivity contribution in [1.82, 2.24) is 0 Å². The van der Waals surface area contributed by atoms with Crippen molar-refractivity contribution in [1.29, 1.82) is 5.26 Å². The number of allylic oxidation sites excluding steroid dienone is 4. The first kappa shape index (κ1) is 18.0. The van der Waals surface area contributed by atoms with Crippen LogP contribution in [0, 0.1) is 17.2 Å². The molecule has 24 heavy (non-hydrogen) atoms. The van der Waals surface area contributed by atoms with E-state index in [0.717, 1.165) is 16.6 Å². The fraction of sp³-hybridized carbons (Fsp3) is 0.190. The lowest BCUT2D eigenvalue weighted by Crippen LogP contribution is -2.16. The Labute approximate surface area is 152 Å². The van der Waals surface area contributed by atoms with E-state index in [9.17, 15) is 5.26 Å². The van der Waals surface area contributed by atoms with Crippen LogP contribution >= 0.6 is 15.9 Å². The third-order valence-electron chi connectivity index (χ3n) is 3.84. The van der Waals surface area contributed by atoms with Crippen LogP contribution in [0.3, 0.4) is 0 Å². The molecule has 2 rings (SSSR count). The number of benzene rings is 2. The normalized spacial score (nSPS) is 12.8. The number of hydrogen-bond acceptors (Lipinski definition) is 2. The summed E-state index contributed by atoms with van der Waals surface area (Å²) in [6.07, 6.45) is 7.05. The molecule has 0 aliphatic rings. The zero-order chi connectivity index (χ0) is 17.4. The van der Waals surface area contributed by atoms with Gasteiger partial charge in [-0.25, -0.2) is 0 Å². The second kappa shape index (κ2) is 9.10. The number of halogens is 1. The number of rotatable bonds is 6. The number of hydrogen-bond donors (Lipinski definition) is 0. The van der Waals surface area contributed by atoms with Gasteiger partial charge in [-0.15, -0.1) is 0 Å². The van der Waals surface area contributed by atoms with Crippen LogP contribution in [-0.2, 0) is 6.42 Å². The smallest absolute Gasteiger partial charge is 0.117 e. The van der Waals surface area contributed by atoms with Crippen LogP contribution in [0.15, 0.2) is 83.0 Å². The summed E-state index contributed by atoms with van der Waals surface area (Å²) in [5.41, 5.74) is 2.89. The van der Waals surface area contributed by atoms with Gasteiger partial charge in [0.25, 0.3) is 0 Å². The van der Waals surface area contributed by atoms with E-state index in [-0.39, 0.29) is 5.92 Å². The van der Waals surface area contributed by atoms with Gasteiger partial charge in [0.05, 0.1) is 0 Å². The summed E-state index contributed by atoms with van der Waals surface area (Å²) < 4.78 is 1.10. The maximum Gasteiger partial charge on any atom is 0.117 e. The zero-order valence-corrected chi connectivity index (χ0v) is 15.6. The minimum Gasteiger partial charge on any atom is -0.336 e. The predicted octanol–water partition coefficient (Wildman–Crippen LogP) is 5.73. The molecule has 0 amide bonds. The topological polar surface area (TPSA) is 27.0 Å². The van der Waals surface area contributed by atoms with Gasteiger partial charge < -0.3 is 4.90 Å². The van der Waals surface area contributed by atoms with Gasteiger partial charge in [-0.05, 0) is 43.2 Å². The molecule has 0 aliphatic carbocycles. The van der Waals surface area contributed by atoms with Crippen molar-refractivity contribution in [2.45, 2.75) is 13.3 Å². The Morgan fingerprint density at radius 1 is 1.17 bits per heavy atom. The molecule has 2 aromatic rings. The van der Waals surface area contributed by atoms with Crippen LogP contribution in [0.25, 0.3) is 0 Å². The monoisotopic (exact) mass is 380 g/mol. The molecule has 0 aromatic heterocycles. The molecule has 0 N–H and O–H groups in total. The van der Waals surface area contributed by atoms with Crippen LogP contribution in [0.2, 0.25) is 0 Å². The molecule has 0 bridgehead atoms. The molecule has 2 nitrogen and oxygen atoms in total. The van der Waals surface area contributed by atoms with Gasteiger partial charge in [-0.3, -0.25) is 0 Å². The standard InChI is InChI=1S/C21H21BrN2/c1-3-9-17(14-18-10-7-8-13-21(18)22)15-20(16-23)24(2)19-11-5-4-6-12-19/h3-13,15,17H,14H2,1-2H3/b9-3+,20-15-. The summed E-state index contributed by atoms with van der Waals surface area (Å²) in [7, 11) is 1.93. The molecule has 1 atom stereocenters. The Kier molecular flexibility index (Phi) is 6.84. The van der Waals surface area contributed by atoms with Gasteiger partial charge in [-0.1, -0.05) is 64.5 Å². The average Bonchev–Trinajstić information content (AvgIpc) is 2.61. The van der Waals surface area contributed by atoms with Crippen molar-refractivity contribution in [3.63, 3.8) is 0 Å². The van der Waals surface area contributed by atoms with E-state index in [2.05, 4.69) is 34.1 Å². The molecule has 0 aliphatic heterocycles. The summed E-state index contributed by atoms with van der Waals surface area (Å²) in [6.45, 7) is 2.01. The van der Waals surface area contributed by atoms with Crippen molar-refractivity contribution in [3.05, 3.63) is 88.6 Å². The first-order valence-electron chi connectivity index (χ1n) is 7.92. The summed E-state index contributed by atoms with van der Waals surface area (Å²) in [5.74, 6) is 0.162. The van der Waals surface area contributed by atoms with E-state index >= 15 is 0 Å². The maximum atomic E-state index is 9.60. The van der Waals surface area contributed by atoms with Crippen molar-refractivity contribution in [3.8, 4) is 6.07 Å². The highest BCUT2D eigenvalue weighted by Gasteiger charge is 2.11. The molecular weight excluding hydrogens is 360 g/mol. The molecule has 0 fully saturated rings. The van der Waals surface area contributed by atoms with Crippen molar-refractivity contribution in [2.75, 3.05) is 11.9 Å². The Hall–Kier alpha value is -2.31. The Balaban J connectivity index is 2.27. The molecule has 0 heterocycles. The molecule has 122 valence electrons. The van der Waals surface area contributed by atoms with Crippen molar-refractivity contribution >= 4 is 21.6 Å². The highest BCUT2D eigenvalue weighted by molar-refractivity contribution is 9.10. The van der Waals surface area contributed by atoms with Crippen LogP contribution in [0.1, 0.15) is 12.5 Å². The van der Waals surface area contributed by atoms with E-state index < -0.39 is 0 Å². The number of nitrogens with zero attached hydrogens (tertiary/aromatic N) is 2. The summed E-state index contributed by atoms with van der Waals surface area (Å²) in [4.78, 5) is 1.93. The van der Waals surface area contributed by atoms with Crippen LogP contribution < -0.4 is 4.90 Å². The Morgan fingerprint density at radius 2 is 1.83 bits per heavy atom. The number of para-hydroxylation sites is 1. The fourth-order valence-corrected chi connectivity index (χ4v) is 3.01. The minimum absolute atomic E-state index is 0.162. The number of anilines is 1. The number of nitriles is 1. The lowest BCUT2D eigenvalue weighted by molar-refractivity contribution is 0.791. The molecule has 0 saturated heterocycles. The van der Waals surface area contributed by atoms with E-state index in [1.165, 1.54) is 5.56 Å². The molecule has 2 aromatic carbocycles. The van der Waals surface area contributed by atoms with Gasteiger partial charge in [0.1, 0.15) is 11.8 Å². The fourth-order valence-electron chi connectivity index (χ4n) is 2.57. The zero-order valence-electron chi connectivity index (χ0n) is 14.0. The molecular formula is C21H21BrN2. The summed E-state index contributed by atoms with van der Waals surface area (Å²) in [6, 6.07) is 20.5. The second-order valence-corrected chi connectivity index (χ2v) is 6.40. The van der Waals surface area contributed by atoms with Crippen molar-refractivity contribution < 1.29 is 0 Å². The minimum atomic E-state index is 0.162. The average molecular weight is 381 g/mol. The lowest BCUT2D eigenvalue weighted by Gasteiger charge is -2.20. The van der Waals surface area contributed by atoms with E-state index in [1.807, 2.05) is 79.6 Å². The Morgan fingerprint density at radius 3 is 2.46 bits per heavy atom. The van der Waals surface area contributed by atoms with Gasteiger partial charge in [0, 0.05) is 23.1 Å². The van der Waals surface area contributed by atoms with Gasteiger partial charge >= 0.3 is 0 Å². The van der Waals surface area contributed by atoms with Crippen LogP contribution in [0.5, 0.6) is 0 Å². The van der Waals surface area contributed by atoms with Crippen molar-refractivity contribution in [2.24, 2.45) is 5.92 Å². The van der Waals surface area contributed by atoms with Gasteiger partial charge in [0.15, 0.2) is 0 Å². The largest absolute Gasteiger partial charge is 0.336 e.